The Kier molecular flexibility index (Phi) is 19.2. The highest BCUT2D eigenvalue weighted by molar-refractivity contribution is 5.95. The van der Waals surface area contributed by atoms with Gasteiger partial charge in [-0.2, -0.15) is 0 Å². The fourth-order valence-electron chi connectivity index (χ4n) is 6.59. The molecule has 14 nitrogen and oxygen atoms in total. The minimum absolute atomic E-state index is 0.0368. The van der Waals surface area contributed by atoms with Crippen molar-refractivity contribution in [3.05, 3.63) is 71.8 Å². The summed E-state index contributed by atoms with van der Waals surface area (Å²) >= 11 is 0. The van der Waals surface area contributed by atoms with Gasteiger partial charge in [-0.05, 0) is 53.6 Å². The summed E-state index contributed by atoms with van der Waals surface area (Å²) in [4.78, 5) is 82.5. The Morgan fingerprint density at radius 1 is 0.828 bits per heavy atom. The van der Waals surface area contributed by atoms with Gasteiger partial charge in [-0.3, -0.25) is 24.0 Å². The molecule has 0 saturated carbocycles. The maximum absolute atomic E-state index is 13.9. The van der Waals surface area contributed by atoms with Gasteiger partial charge in [0.25, 0.3) is 0 Å². The summed E-state index contributed by atoms with van der Waals surface area (Å²) in [5.74, 6) is -3.99. The predicted molar refractivity (Wildman–Crippen MR) is 220 cm³/mol. The fourth-order valence-corrected chi connectivity index (χ4v) is 6.59. The first kappa shape index (κ1) is 47.0. The third kappa shape index (κ3) is 15.5. The molecule has 0 aromatic heterocycles. The van der Waals surface area contributed by atoms with E-state index in [0.717, 1.165) is 31.8 Å². The molecule has 6 N–H and O–H groups in total. The van der Waals surface area contributed by atoms with E-state index in [1.807, 2.05) is 0 Å². The van der Waals surface area contributed by atoms with Gasteiger partial charge < -0.3 is 41.1 Å². The third-order valence-corrected chi connectivity index (χ3v) is 10.2. The number of unbranched alkanes of at least 4 members (excludes halogenated alkanes) is 6. The van der Waals surface area contributed by atoms with Gasteiger partial charge in [0.2, 0.25) is 29.5 Å². The lowest BCUT2D eigenvalue weighted by atomic mass is 9.99. The molecule has 14 heteroatoms. The number of benzene rings is 2. The van der Waals surface area contributed by atoms with Crippen LogP contribution < -0.4 is 21.3 Å². The van der Waals surface area contributed by atoms with Crippen LogP contribution in [0.15, 0.2) is 60.7 Å². The first-order valence-electron chi connectivity index (χ1n) is 20.5. The molecule has 5 atom stereocenters. The molecule has 1 aliphatic rings. The monoisotopic (exact) mass is 805 g/mol. The lowest BCUT2D eigenvalue weighted by Crippen LogP contribution is -2.57. The highest BCUT2D eigenvalue weighted by atomic mass is 16.5. The quantitative estimate of drug-likeness (QED) is 0.0888. The van der Waals surface area contributed by atoms with Gasteiger partial charge in [-0.25, -0.2) is 4.79 Å². The number of rotatable bonds is 19. The number of hydrogen-bond acceptors (Lipinski definition) is 9. The zero-order chi connectivity index (χ0) is 42.8. The van der Waals surface area contributed by atoms with Crippen LogP contribution in [0.2, 0.25) is 0 Å². The van der Waals surface area contributed by atoms with Crippen molar-refractivity contribution in [1.82, 2.24) is 26.2 Å². The number of nitrogens with one attached hydrogen (secondary N) is 4. The highest BCUT2D eigenvalue weighted by Gasteiger charge is 2.36. The molecule has 2 aromatic carbocycles. The van der Waals surface area contributed by atoms with Crippen LogP contribution in [0.3, 0.4) is 0 Å². The molecule has 1 heterocycles. The van der Waals surface area contributed by atoms with Crippen molar-refractivity contribution in [2.45, 2.75) is 129 Å². The maximum atomic E-state index is 13.9. The van der Waals surface area contributed by atoms with Crippen LogP contribution in [0.25, 0.3) is 0 Å². The van der Waals surface area contributed by atoms with Crippen LogP contribution in [-0.4, -0.2) is 94.5 Å². The summed E-state index contributed by atoms with van der Waals surface area (Å²) in [6, 6.07) is 7.28. The standard InChI is InChI=1S/C44H63N5O9/c1-7-8-9-10-11-12-13-14-37(52)46-35(25-30-15-20-33(50)21-16-30)41(54)48-39(28(2)3)42(55)45-32-19-24-38(53)47-40(29(4)5)43(56)49(6)36(44(57)58-27-32)26-31-17-22-34(51)23-18-31/h15-24,28-29,32,35-36,39-40,50-51H,7-14,25-27H2,1-6H3,(H,45,55)(H,46,52)(H,47,53)(H,48,54)/t32-,35+,36+,39+,40+/m1/s1. The molecule has 0 spiro atoms. The summed E-state index contributed by atoms with van der Waals surface area (Å²) in [7, 11) is 1.46. The summed E-state index contributed by atoms with van der Waals surface area (Å²) < 4.78 is 5.70. The SMILES string of the molecule is CCCCCCCCCC(=O)N[C@@H](Cc1ccc(O)cc1)C(=O)N[C@H](C(=O)N[C@@H]1C=CC(=O)N[C@@H](C(C)C)C(=O)N(C)[C@@H](Cc2ccc(O)cc2)C(=O)OC1)C(C)C. The predicted octanol–water partition coefficient (Wildman–Crippen LogP) is 4.21. The molecule has 0 aliphatic carbocycles. The van der Waals surface area contributed by atoms with E-state index in [0.29, 0.717) is 17.5 Å². The Morgan fingerprint density at radius 3 is 2.00 bits per heavy atom. The van der Waals surface area contributed by atoms with Crippen LogP contribution in [0.5, 0.6) is 11.5 Å². The van der Waals surface area contributed by atoms with Crippen LogP contribution >= 0.6 is 0 Å². The zero-order valence-corrected chi connectivity index (χ0v) is 34.8. The number of aromatic hydroxyl groups is 2. The number of esters is 1. The van der Waals surface area contributed by atoms with E-state index < -0.39 is 72.3 Å². The maximum Gasteiger partial charge on any atom is 0.329 e. The number of cyclic esters (lactones) is 1. The largest absolute Gasteiger partial charge is 0.508 e. The molecule has 0 unspecified atom stereocenters. The molecule has 1 aliphatic heterocycles. The normalized spacial score (nSPS) is 18.7. The Morgan fingerprint density at radius 2 is 1.41 bits per heavy atom. The average molecular weight is 806 g/mol. The lowest BCUT2D eigenvalue weighted by Gasteiger charge is -2.32. The van der Waals surface area contributed by atoms with Gasteiger partial charge in [0.15, 0.2) is 0 Å². The number of likely N-dealkylation sites (N-methyl/N-ethyl adjacent to an activating group) is 1. The van der Waals surface area contributed by atoms with E-state index in [1.54, 1.807) is 52.0 Å². The van der Waals surface area contributed by atoms with Crippen molar-refractivity contribution >= 4 is 35.5 Å². The Bertz CT molecular complexity index is 1690. The Hall–Kier alpha value is -5.40. The lowest BCUT2D eigenvalue weighted by molar-refractivity contribution is -0.156. The van der Waals surface area contributed by atoms with Gasteiger partial charge in [-0.15, -0.1) is 0 Å². The minimum atomic E-state index is -1.11. The van der Waals surface area contributed by atoms with Crippen molar-refractivity contribution in [3.8, 4) is 11.5 Å². The fraction of sp³-hybridized carbons (Fsp3) is 0.545. The van der Waals surface area contributed by atoms with Crippen LogP contribution in [-0.2, 0) is 46.3 Å². The van der Waals surface area contributed by atoms with Crippen LogP contribution in [0.1, 0.15) is 97.1 Å². The van der Waals surface area contributed by atoms with Crippen molar-refractivity contribution in [1.29, 1.82) is 0 Å². The van der Waals surface area contributed by atoms with Gasteiger partial charge in [-0.1, -0.05) is 103 Å². The number of ether oxygens (including phenoxy) is 1. The number of phenolic OH excluding ortho intramolecular Hbond substituents is 2. The van der Waals surface area contributed by atoms with Gasteiger partial charge in [0, 0.05) is 32.4 Å². The first-order chi connectivity index (χ1) is 27.6. The molecule has 0 bridgehead atoms. The van der Waals surface area contributed by atoms with Crippen LogP contribution in [0, 0.1) is 11.8 Å². The number of hydrogen-bond donors (Lipinski definition) is 6. The van der Waals surface area contributed by atoms with E-state index in [2.05, 4.69) is 28.2 Å². The summed E-state index contributed by atoms with van der Waals surface area (Å²) in [6.07, 6.45) is 10.2. The third-order valence-electron chi connectivity index (χ3n) is 10.2. The molecular weight excluding hydrogens is 743 g/mol. The summed E-state index contributed by atoms with van der Waals surface area (Å²) in [6.45, 7) is 8.78. The number of carbonyl (C=O) groups is 6. The molecule has 0 saturated heterocycles. The van der Waals surface area contributed by atoms with Gasteiger partial charge >= 0.3 is 5.97 Å². The van der Waals surface area contributed by atoms with E-state index in [9.17, 15) is 39.0 Å². The molecule has 318 valence electrons. The molecular formula is C44H63N5O9. The molecule has 3 rings (SSSR count). The number of nitrogens with zero attached hydrogens (tertiary/aromatic N) is 1. The highest BCUT2D eigenvalue weighted by Crippen LogP contribution is 2.18. The average Bonchev–Trinajstić information content (AvgIpc) is 3.18. The number of amides is 5. The second kappa shape index (κ2) is 23.7. The van der Waals surface area contributed by atoms with Gasteiger partial charge in [0.1, 0.15) is 42.3 Å². The van der Waals surface area contributed by atoms with Gasteiger partial charge in [0.05, 0.1) is 6.04 Å². The van der Waals surface area contributed by atoms with E-state index in [4.69, 9.17) is 4.74 Å². The second-order valence-corrected chi connectivity index (χ2v) is 15.8. The zero-order valence-electron chi connectivity index (χ0n) is 34.8. The topological polar surface area (TPSA) is 203 Å². The second-order valence-electron chi connectivity index (χ2n) is 15.8. The Labute approximate surface area is 342 Å². The van der Waals surface area contributed by atoms with Crippen molar-refractivity contribution in [2.75, 3.05) is 13.7 Å². The number of phenols is 2. The smallest absolute Gasteiger partial charge is 0.329 e. The number of carbonyl (C=O) groups excluding carboxylic acids is 6. The van der Waals surface area contributed by atoms with E-state index in [-0.39, 0.29) is 42.6 Å². The molecule has 58 heavy (non-hydrogen) atoms. The molecule has 0 fully saturated rings. The van der Waals surface area contributed by atoms with Crippen LogP contribution in [0.4, 0.5) is 0 Å². The Balaban J connectivity index is 1.80. The van der Waals surface area contributed by atoms with E-state index >= 15 is 0 Å². The molecule has 5 amide bonds. The van der Waals surface area contributed by atoms with Crippen molar-refractivity contribution in [3.63, 3.8) is 0 Å². The summed E-state index contributed by atoms with van der Waals surface area (Å²) in [5, 5.41) is 30.7. The molecule has 0 radical (unpaired) electrons. The van der Waals surface area contributed by atoms with Crippen molar-refractivity contribution in [2.24, 2.45) is 11.8 Å². The minimum Gasteiger partial charge on any atom is -0.508 e. The van der Waals surface area contributed by atoms with Crippen molar-refractivity contribution < 1.29 is 43.7 Å². The first-order valence-corrected chi connectivity index (χ1v) is 20.5. The molecule has 2 aromatic rings. The van der Waals surface area contributed by atoms with E-state index in [1.165, 1.54) is 55.1 Å². The summed E-state index contributed by atoms with van der Waals surface area (Å²) in [5.41, 5.74) is 1.34.